The van der Waals surface area contributed by atoms with E-state index in [1.54, 1.807) is 12.1 Å². The van der Waals surface area contributed by atoms with E-state index in [9.17, 15) is 13.0 Å². The van der Waals surface area contributed by atoms with Gasteiger partial charge in [-0.3, -0.25) is 0 Å². The monoisotopic (exact) mass is 595 g/mol. The Labute approximate surface area is 257 Å². The first-order chi connectivity index (χ1) is 21.4. The Hall–Kier alpha value is -5.50. The topological polar surface area (TPSA) is 95.2 Å². The summed E-state index contributed by atoms with van der Waals surface area (Å²) in [4.78, 5) is 3.19. The fourth-order valence-electron chi connectivity index (χ4n) is 4.91. The van der Waals surface area contributed by atoms with Crippen LogP contribution in [-0.2, 0) is 10.1 Å². The van der Waals surface area contributed by atoms with E-state index in [4.69, 9.17) is 0 Å². The number of rotatable bonds is 8. The van der Waals surface area contributed by atoms with Crippen LogP contribution in [0.5, 0.6) is 0 Å². The summed E-state index contributed by atoms with van der Waals surface area (Å²) in [5, 5.41) is 6.71. The lowest BCUT2D eigenvalue weighted by molar-refractivity contribution is -0.351. The third-order valence-corrected chi connectivity index (χ3v) is 7.93. The minimum absolute atomic E-state index is 0.257. The Bertz CT molecular complexity index is 1960. The van der Waals surface area contributed by atoms with Gasteiger partial charge in [0.15, 0.2) is 0 Å². The molecule has 0 unspecified atom stereocenters. The molecule has 5 aromatic rings. The van der Waals surface area contributed by atoms with Crippen molar-refractivity contribution in [2.45, 2.75) is 4.90 Å². The van der Waals surface area contributed by atoms with E-state index in [0.717, 1.165) is 50.7 Å². The van der Waals surface area contributed by atoms with E-state index in [-0.39, 0.29) is 4.90 Å². The summed E-state index contributed by atoms with van der Waals surface area (Å²) in [6.07, 6.45) is 8.40. The molecule has 7 heteroatoms. The highest BCUT2D eigenvalue weighted by atomic mass is 32.2. The Morgan fingerprint density at radius 2 is 0.955 bits per heavy atom. The summed E-state index contributed by atoms with van der Waals surface area (Å²) in [5.74, 6) is 0. The third-order valence-electron chi connectivity index (χ3n) is 7.08. The second-order valence-electron chi connectivity index (χ2n) is 10.2. The first-order valence-corrected chi connectivity index (χ1v) is 15.5. The molecule has 1 aliphatic carbocycles. The van der Waals surface area contributed by atoms with E-state index in [2.05, 4.69) is 76.3 Å². The smallest absolute Gasteiger partial charge is 0.203 e. The molecule has 6 rings (SSSR count). The van der Waals surface area contributed by atoms with Crippen molar-refractivity contribution in [3.63, 3.8) is 0 Å². The molecule has 1 aliphatic rings. The van der Waals surface area contributed by atoms with Crippen molar-refractivity contribution < 1.29 is 18.0 Å². The van der Waals surface area contributed by atoms with Crippen LogP contribution < -0.4 is 15.6 Å². The molecule has 0 fully saturated rings. The van der Waals surface area contributed by atoms with Crippen molar-refractivity contribution in [1.82, 2.24) is 0 Å². The lowest BCUT2D eigenvalue weighted by Gasteiger charge is -2.15. The van der Waals surface area contributed by atoms with Crippen LogP contribution in [0.3, 0.4) is 0 Å². The Kier molecular flexibility index (Phi) is 8.32. The summed E-state index contributed by atoms with van der Waals surface area (Å²) >= 11 is 0. The van der Waals surface area contributed by atoms with Crippen molar-refractivity contribution >= 4 is 49.8 Å². The zero-order valence-electron chi connectivity index (χ0n) is 23.6. The Morgan fingerprint density at radius 1 is 0.523 bits per heavy atom. The average molecular weight is 596 g/mol. The van der Waals surface area contributed by atoms with Gasteiger partial charge in [-0.1, -0.05) is 60.7 Å². The van der Waals surface area contributed by atoms with E-state index in [1.807, 2.05) is 72.8 Å². The first kappa shape index (κ1) is 28.6. The van der Waals surface area contributed by atoms with Crippen molar-refractivity contribution in [3.05, 3.63) is 174 Å². The van der Waals surface area contributed by atoms with Crippen LogP contribution in [0.4, 0.5) is 28.4 Å². The van der Waals surface area contributed by atoms with Gasteiger partial charge >= 0.3 is 0 Å². The standard InChI is InChI=1S/C37H29N3O3S/c41-44(42,43)36-25-23-35(24-26-36)40-34-21-15-29(16-22-34)37(27-11-17-32(18-12-27)38-30-7-3-1-4-8-30)28-13-19-33(20-14-28)39-31-9-5-2-6-10-31/h1-26,38,40H,(H,41,42,43). The molecular weight excluding hydrogens is 566 g/mol. The lowest BCUT2D eigenvalue weighted by Crippen LogP contribution is -2.65. The van der Waals surface area contributed by atoms with Gasteiger partial charge in [-0.05, 0) is 95.1 Å². The van der Waals surface area contributed by atoms with Crippen molar-refractivity contribution in [3.8, 4) is 0 Å². The maximum Gasteiger partial charge on any atom is 0.203 e. The zero-order valence-corrected chi connectivity index (χ0v) is 24.5. The molecule has 6 nitrogen and oxygen atoms in total. The average Bonchev–Trinajstić information content (AvgIpc) is 3.04. The molecular formula is C37H29N3O3S. The molecule has 5 aromatic carbocycles. The molecule has 0 spiro atoms. The van der Waals surface area contributed by atoms with Crippen LogP contribution in [0.15, 0.2) is 168 Å². The van der Waals surface area contributed by atoms with Gasteiger partial charge < -0.3 is 15.2 Å². The highest BCUT2D eigenvalue weighted by Gasteiger charge is 2.14. The normalized spacial score (nSPS) is 12.6. The number of para-hydroxylation sites is 2. The maximum atomic E-state index is 11.3. The van der Waals surface area contributed by atoms with Crippen LogP contribution in [0.2, 0.25) is 0 Å². The number of anilines is 4. The van der Waals surface area contributed by atoms with Gasteiger partial charge in [-0.2, -0.15) is 0 Å². The molecule has 0 heterocycles. The van der Waals surface area contributed by atoms with Gasteiger partial charge in [-0.15, -0.1) is 0 Å². The second-order valence-corrected chi connectivity index (χ2v) is 11.6. The van der Waals surface area contributed by atoms with Crippen molar-refractivity contribution in [1.29, 1.82) is 0 Å². The van der Waals surface area contributed by atoms with Gasteiger partial charge in [0.25, 0.3) is 0 Å². The summed E-state index contributed by atoms with van der Waals surface area (Å²) < 4.78 is 33.8. The molecule has 0 atom stereocenters. The van der Waals surface area contributed by atoms with Crippen LogP contribution in [0.25, 0.3) is 5.57 Å². The summed E-state index contributed by atoms with van der Waals surface area (Å²) in [7, 11) is -4.49. The van der Waals surface area contributed by atoms with Gasteiger partial charge in [0.05, 0.1) is 4.90 Å². The minimum atomic E-state index is -4.49. The number of hydrogen-bond acceptors (Lipinski definition) is 5. The van der Waals surface area contributed by atoms with Gasteiger partial charge in [0.2, 0.25) is 11.4 Å². The predicted molar refractivity (Wildman–Crippen MR) is 177 cm³/mol. The largest absolute Gasteiger partial charge is 0.744 e. The van der Waals surface area contributed by atoms with E-state index < -0.39 is 10.1 Å². The maximum absolute atomic E-state index is 11.3. The molecule has 0 amide bonds. The van der Waals surface area contributed by atoms with Crippen molar-refractivity contribution in [2.75, 3.05) is 10.6 Å². The van der Waals surface area contributed by atoms with E-state index >= 15 is 0 Å². The molecule has 0 radical (unpaired) electrons. The number of nitrogens with one attached hydrogen (secondary N) is 3. The van der Waals surface area contributed by atoms with Gasteiger partial charge in [0, 0.05) is 47.0 Å². The van der Waals surface area contributed by atoms with Gasteiger partial charge in [0.1, 0.15) is 10.1 Å². The summed E-state index contributed by atoms with van der Waals surface area (Å²) in [6, 6.07) is 42.4. The van der Waals surface area contributed by atoms with Crippen LogP contribution in [0.1, 0.15) is 11.1 Å². The third kappa shape index (κ3) is 7.10. The van der Waals surface area contributed by atoms with Crippen molar-refractivity contribution in [2.24, 2.45) is 0 Å². The number of allylic oxidation sites excluding steroid dienone is 5. The van der Waals surface area contributed by atoms with Crippen LogP contribution in [-0.4, -0.2) is 18.7 Å². The predicted octanol–water partition coefficient (Wildman–Crippen LogP) is 6.86. The lowest BCUT2D eigenvalue weighted by atomic mass is 9.90. The number of benzene rings is 5. The van der Waals surface area contributed by atoms with Gasteiger partial charge in [-0.25, -0.2) is 13.4 Å². The van der Waals surface area contributed by atoms with Crippen LogP contribution in [0, 0.1) is 0 Å². The highest BCUT2D eigenvalue weighted by Crippen LogP contribution is 2.32. The summed E-state index contributed by atoms with van der Waals surface area (Å²) in [6.45, 7) is 0. The Balaban J connectivity index is 1.30. The molecule has 44 heavy (non-hydrogen) atoms. The molecule has 0 aliphatic heterocycles. The molecule has 216 valence electrons. The molecule has 0 bridgehead atoms. The molecule has 0 saturated carbocycles. The quantitative estimate of drug-likeness (QED) is 0.170. The fourth-order valence-corrected chi connectivity index (χ4v) is 5.38. The number of hydrogen-bond donors (Lipinski definition) is 3. The first-order valence-electron chi connectivity index (χ1n) is 14.1. The highest BCUT2D eigenvalue weighted by molar-refractivity contribution is 7.85. The molecule has 0 saturated heterocycles. The Morgan fingerprint density at radius 3 is 1.43 bits per heavy atom. The second kappa shape index (κ2) is 12.8. The van der Waals surface area contributed by atoms with Crippen LogP contribution >= 0.6 is 0 Å². The molecule has 0 aromatic heterocycles. The zero-order chi connectivity index (χ0) is 30.4. The molecule has 3 N–H and O–H groups in total. The minimum Gasteiger partial charge on any atom is -0.744 e. The fraction of sp³-hybridized carbons (Fsp3) is 0. The summed E-state index contributed by atoms with van der Waals surface area (Å²) in [5.41, 5.74) is 9.82. The van der Waals surface area contributed by atoms with E-state index in [0.29, 0.717) is 5.69 Å². The SMILES string of the molecule is O=S(=O)([O-])c1ccc(Nc2ccc(C(=C3C=CC(=[NH+]c4ccccc4)C=C3)c3ccc(Nc4ccccc4)cc3)cc2)cc1. The van der Waals surface area contributed by atoms with E-state index in [1.165, 1.54) is 12.1 Å².